The number of nitrogens with zero attached hydrogens (tertiary/aromatic N) is 1. The molecule has 1 saturated heterocycles. The molecule has 0 saturated carbocycles. The molecule has 3 nitrogen and oxygen atoms in total. The maximum atomic E-state index is 9.39. The Morgan fingerprint density at radius 1 is 1.19 bits per heavy atom. The lowest BCUT2D eigenvalue weighted by molar-refractivity contribution is 0.0845. The van der Waals surface area contributed by atoms with Crippen LogP contribution in [-0.2, 0) is 0 Å². The van der Waals surface area contributed by atoms with Gasteiger partial charge in [0, 0.05) is 31.9 Å². The molecular formula is C13H20N2O. The summed E-state index contributed by atoms with van der Waals surface area (Å²) in [5, 5.41) is 12.8. The summed E-state index contributed by atoms with van der Waals surface area (Å²) < 4.78 is 0. The van der Waals surface area contributed by atoms with E-state index in [2.05, 4.69) is 22.3 Å². The largest absolute Gasteiger partial charge is 0.393 e. The zero-order chi connectivity index (χ0) is 11.2. The highest BCUT2D eigenvalue weighted by Crippen LogP contribution is 2.09. The second kappa shape index (κ2) is 5.87. The number of aliphatic hydroxyl groups excluding tert-OH is 1. The van der Waals surface area contributed by atoms with Crippen LogP contribution in [0.1, 0.15) is 12.8 Å². The van der Waals surface area contributed by atoms with Crippen molar-refractivity contribution in [2.45, 2.75) is 18.9 Å². The van der Waals surface area contributed by atoms with E-state index in [1.165, 1.54) is 5.69 Å². The summed E-state index contributed by atoms with van der Waals surface area (Å²) in [6, 6.07) is 10.3. The van der Waals surface area contributed by atoms with Crippen molar-refractivity contribution in [1.29, 1.82) is 0 Å². The Kier molecular flexibility index (Phi) is 4.19. The first-order chi connectivity index (χ1) is 7.84. The van der Waals surface area contributed by atoms with Gasteiger partial charge >= 0.3 is 0 Å². The number of nitrogens with one attached hydrogen (secondary N) is 1. The average Bonchev–Trinajstić information content (AvgIpc) is 2.33. The minimum Gasteiger partial charge on any atom is -0.393 e. The highest BCUT2D eigenvalue weighted by atomic mass is 16.3. The number of benzene rings is 1. The van der Waals surface area contributed by atoms with Crippen molar-refractivity contribution in [2.24, 2.45) is 0 Å². The van der Waals surface area contributed by atoms with E-state index in [1.807, 2.05) is 18.2 Å². The molecule has 1 aliphatic rings. The van der Waals surface area contributed by atoms with Crippen LogP contribution < -0.4 is 5.32 Å². The van der Waals surface area contributed by atoms with Gasteiger partial charge in [-0.2, -0.15) is 0 Å². The van der Waals surface area contributed by atoms with Crippen LogP contribution in [0.5, 0.6) is 0 Å². The second-order valence-corrected chi connectivity index (χ2v) is 4.37. The quantitative estimate of drug-likeness (QED) is 0.808. The summed E-state index contributed by atoms with van der Waals surface area (Å²) in [7, 11) is 0. The molecule has 1 fully saturated rings. The molecule has 0 unspecified atom stereocenters. The number of piperidine rings is 1. The van der Waals surface area contributed by atoms with Crippen LogP contribution in [0.25, 0.3) is 0 Å². The van der Waals surface area contributed by atoms with E-state index < -0.39 is 0 Å². The molecule has 2 rings (SSSR count). The third-order valence-electron chi connectivity index (χ3n) is 3.09. The van der Waals surface area contributed by atoms with Crippen molar-refractivity contribution >= 4 is 5.69 Å². The van der Waals surface area contributed by atoms with E-state index >= 15 is 0 Å². The van der Waals surface area contributed by atoms with Gasteiger partial charge in [0.25, 0.3) is 0 Å². The molecule has 0 atom stereocenters. The molecule has 1 aromatic carbocycles. The average molecular weight is 220 g/mol. The lowest BCUT2D eigenvalue weighted by Gasteiger charge is -2.29. The van der Waals surface area contributed by atoms with Crippen LogP contribution in [0.15, 0.2) is 30.3 Å². The van der Waals surface area contributed by atoms with Gasteiger partial charge in [-0.15, -0.1) is 0 Å². The van der Waals surface area contributed by atoms with E-state index in [-0.39, 0.29) is 6.10 Å². The van der Waals surface area contributed by atoms with E-state index in [0.717, 1.165) is 39.0 Å². The van der Waals surface area contributed by atoms with Crippen molar-refractivity contribution in [3.63, 3.8) is 0 Å². The Balaban J connectivity index is 1.65. The number of anilines is 1. The number of para-hydroxylation sites is 1. The molecule has 0 aliphatic carbocycles. The minimum absolute atomic E-state index is 0.0710. The highest BCUT2D eigenvalue weighted by Gasteiger charge is 2.15. The lowest BCUT2D eigenvalue weighted by Crippen LogP contribution is -2.38. The predicted octanol–water partition coefficient (Wildman–Crippen LogP) is 1.56. The summed E-state index contributed by atoms with van der Waals surface area (Å²) in [5.74, 6) is 0. The fourth-order valence-corrected chi connectivity index (χ4v) is 2.06. The maximum absolute atomic E-state index is 9.39. The van der Waals surface area contributed by atoms with Crippen LogP contribution in [0.4, 0.5) is 5.69 Å². The van der Waals surface area contributed by atoms with Crippen LogP contribution in [-0.4, -0.2) is 42.3 Å². The Labute approximate surface area is 97.1 Å². The number of rotatable bonds is 4. The molecule has 0 amide bonds. The van der Waals surface area contributed by atoms with Crippen molar-refractivity contribution in [1.82, 2.24) is 4.90 Å². The van der Waals surface area contributed by atoms with Gasteiger partial charge in [-0.1, -0.05) is 18.2 Å². The molecule has 1 aromatic rings. The van der Waals surface area contributed by atoms with E-state index in [4.69, 9.17) is 0 Å². The number of hydrogen-bond acceptors (Lipinski definition) is 3. The van der Waals surface area contributed by atoms with E-state index in [0.29, 0.717) is 0 Å². The molecule has 0 aromatic heterocycles. The second-order valence-electron chi connectivity index (χ2n) is 4.37. The van der Waals surface area contributed by atoms with Crippen LogP contribution in [0.3, 0.4) is 0 Å². The third-order valence-corrected chi connectivity index (χ3v) is 3.09. The molecular weight excluding hydrogens is 200 g/mol. The molecule has 0 spiro atoms. The molecule has 3 heteroatoms. The zero-order valence-corrected chi connectivity index (χ0v) is 9.60. The van der Waals surface area contributed by atoms with Crippen molar-refractivity contribution < 1.29 is 5.11 Å². The maximum Gasteiger partial charge on any atom is 0.0564 e. The SMILES string of the molecule is OC1CCN(CCNc2ccccc2)CC1. The van der Waals surface area contributed by atoms with Crippen molar-refractivity contribution in [3.05, 3.63) is 30.3 Å². The first-order valence-corrected chi connectivity index (χ1v) is 6.04. The Morgan fingerprint density at radius 2 is 1.88 bits per heavy atom. The first-order valence-electron chi connectivity index (χ1n) is 6.04. The normalized spacial score (nSPS) is 18.6. The fraction of sp³-hybridized carbons (Fsp3) is 0.538. The topological polar surface area (TPSA) is 35.5 Å². The van der Waals surface area contributed by atoms with Gasteiger partial charge in [-0.05, 0) is 25.0 Å². The number of hydrogen-bond donors (Lipinski definition) is 2. The predicted molar refractivity (Wildman–Crippen MR) is 66.6 cm³/mol. The van der Waals surface area contributed by atoms with Gasteiger partial charge in [0.15, 0.2) is 0 Å². The molecule has 1 aliphatic heterocycles. The number of likely N-dealkylation sites (tertiary alicyclic amines) is 1. The van der Waals surface area contributed by atoms with Gasteiger partial charge in [0.05, 0.1) is 6.10 Å². The fourth-order valence-electron chi connectivity index (χ4n) is 2.06. The van der Waals surface area contributed by atoms with Gasteiger partial charge in [-0.3, -0.25) is 0 Å². The smallest absolute Gasteiger partial charge is 0.0564 e. The third kappa shape index (κ3) is 3.51. The summed E-state index contributed by atoms with van der Waals surface area (Å²) in [5.41, 5.74) is 1.18. The highest BCUT2D eigenvalue weighted by molar-refractivity contribution is 5.42. The van der Waals surface area contributed by atoms with Gasteiger partial charge < -0.3 is 15.3 Å². The lowest BCUT2D eigenvalue weighted by atomic mass is 10.1. The minimum atomic E-state index is -0.0710. The van der Waals surface area contributed by atoms with Gasteiger partial charge in [0.1, 0.15) is 0 Å². The molecule has 1 heterocycles. The summed E-state index contributed by atoms with van der Waals surface area (Å²) >= 11 is 0. The Hall–Kier alpha value is -1.06. The van der Waals surface area contributed by atoms with E-state index in [9.17, 15) is 5.11 Å². The number of aliphatic hydroxyl groups is 1. The summed E-state index contributed by atoms with van der Waals surface area (Å²) in [4.78, 5) is 2.41. The summed E-state index contributed by atoms with van der Waals surface area (Å²) in [6.45, 7) is 4.08. The molecule has 0 radical (unpaired) electrons. The standard InChI is InChI=1S/C13H20N2O/c16-13-6-9-15(10-7-13)11-8-14-12-4-2-1-3-5-12/h1-5,13-14,16H,6-11H2. The Bertz CT molecular complexity index is 294. The van der Waals surface area contributed by atoms with Crippen molar-refractivity contribution in [2.75, 3.05) is 31.5 Å². The van der Waals surface area contributed by atoms with Crippen LogP contribution >= 0.6 is 0 Å². The molecule has 16 heavy (non-hydrogen) atoms. The van der Waals surface area contributed by atoms with Gasteiger partial charge in [0.2, 0.25) is 0 Å². The van der Waals surface area contributed by atoms with Gasteiger partial charge in [-0.25, -0.2) is 0 Å². The molecule has 2 N–H and O–H groups in total. The Morgan fingerprint density at radius 3 is 2.56 bits per heavy atom. The van der Waals surface area contributed by atoms with Crippen LogP contribution in [0.2, 0.25) is 0 Å². The molecule has 0 bridgehead atoms. The van der Waals surface area contributed by atoms with Crippen molar-refractivity contribution in [3.8, 4) is 0 Å². The molecule has 88 valence electrons. The summed E-state index contributed by atoms with van der Waals surface area (Å²) in [6.07, 6.45) is 1.77. The zero-order valence-electron chi connectivity index (χ0n) is 9.60. The monoisotopic (exact) mass is 220 g/mol. The van der Waals surface area contributed by atoms with Crippen LogP contribution in [0, 0.1) is 0 Å². The first kappa shape index (κ1) is 11.4. The van der Waals surface area contributed by atoms with E-state index in [1.54, 1.807) is 0 Å².